The van der Waals surface area contributed by atoms with Gasteiger partial charge in [-0.3, -0.25) is 4.98 Å². The molecule has 0 saturated carbocycles. The highest BCUT2D eigenvalue weighted by molar-refractivity contribution is 7.09. The summed E-state index contributed by atoms with van der Waals surface area (Å²) in [6.07, 6.45) is 6.34. The summed E-state index contributed by atoms with van der Waals surface area (Å²) in [6.45, 7) is 2.52. The summed E-state index contributed by atoms with van der Waals surface area (Å²) in [5.74, 6) is 0.636. The second kappa shape index (κ2) is 4.73. The van der Waals surface area contributed by atoms with Crippen LogP contribution in [0.5, 0.6) is 5.88 Å². The van der Waals surface area contributed by atoms with Crippen LogP contribution in [-0.2, 0) is 6.42 Å². The van der Waals surface area contributed by atoms with Crippen LogP contribution in [-0.4, -0.2) is 26.2 Å². The van der Waals surface area contributed by atoms with Gasteiger partial charge in [-0.25, -0.2) is 9.50 Å². The second-order valence-corrected chi connectivity index (χ2v) is 4.89. The number of aromatic nitrogens is 4. The molecule has 0 spiro atoms. The van der Waals surface area contributed by atoms with Crippen LogP contribution in [0.1, 0.15) is 10.6 Å². The monoisotopic (exact) mass is 260 g/mol. The Bertz CT molecular complexity index is 647. The summed E-state index contributed by atoms with van der Waals surface area (Å²) in [5.41, 5.74) is 3.61. The van der Waals surface area contributed by atoms with Gasteiger partial charge in [0, 0.05) is 17.5 Å². The van der Waals surface area contributed by atoms with Crippen LogP contribution in [0, 0.1) is 6.92 Å². The molecule has 18 heavy (non-hydrogen) atoms. The molecule has 6 heteroatoms. The molecule has 3 aromatic heterocycles. The van der Waals surface area contributed by atoms with Gasteiger partial charge in [-0.2, -0.15) is 5.10 Å². The van der Waals surface area contributed by atoms with E-state index in [0.29, 0.717) is 12.5 Å². The van der Waals surface area contributed by atoms with E-state index in [9.17, 15) is 0 Å². The number of thiazole rings is 1. The van der Waals surface area contributed by atoms with Crippen molar-refractivity contribution in [3.8, 4) is 5.88 Å². The van der Waals surface area contributed by atoms with E-state index in [2.05, 4.69) is 15.1 Å². The summed E-state index contributed by atoms with van der Waals surface area (Å²) in [5, 5.41) is 4.19. The molecule has 3 aromatic rings. The topological polar surface area (TPSA) is 52.3 Å². The summed E-state index contributed by atoms with van der Waals surface area (Å²) < 4.78 is 7.52. The van der Waals surface area contributed by atoms with Crippen LogP contribution in [0.3, 0.4) is 0 Å². The molecule has 3 rings (SSSR count). The van der Waals surface area contributed by atoms with Gasteiger partial charge in [0.1, 0.15) is 5.52 Å². The summed E-state index contributed by atoms with van der Waals surface area (Å²) >= 11 is 1.64. The molecular formula is C12H12N4OS. The van der Waals surface area contributed by atoms with E-state index < -0.39 is 0 Å². The Hall–Kier alpha value is -1.95. The van der Waals surface area contributed by atoms with E-state index in [-0.39, 0.29) is 0 Å². The Morgan fingerprint density at radius 1 is 1.44 bits per heavy atom. The number of hydrogen-bond acceptors (Lipinski definition) is 5. The summed E-state index contributed by atoms with van der Waals surface area (Å²) in [7, 11) is 0. The molecule has 0 aliphatic rings. The number of ether oxygens (including phenoxy) is 1. The first-order valence-corrected chi connectivity index (χ1v) is 6.52. The quantitative estimate of drug-likeness (QED) is 0.721. The lowest BCUT2D eigenvalue weighted by molar-refractivity contribution is 0.312. The Morgan fingerprint density at radius 2 is 2.39 bits per heavy atom. The van der Waals surface area contributed by atoms with Crippen LogP contribution in [0.4, 0.5) is 0 Å². The number of nitrogens with zero attached hydrogens (tertiary/aromatic N) is 4. The molecule has 0 atom stereocenters. The summed E-state index contributed by atoms with van der Waals surface area (Å²) in [6, 6.07) is 1.90. The zero-order valence-electron chi connectivity index (χ0n) is 9.91. The van der Waals surface area contributed by atoms with Crippen LogP contribution in [0.2, 0.25) is 0 Å². The van der Waals surface area contributed by atoms with E-state index in [0.717, 1.165) is 17.6 Å². The minimum atomic E-state index is 0.597. The van der Waals surface area contributed by atoms with E-state index in [1.165, 1.54) is 4.88 Å². The molecule has 0 aliphatic carbocycles. The molecule has 5 nitrogen and oxygen atoms in total. The molecular weight excluding hydrogens is 248 g/mol. The van der Waals surface area contributed by atoms with Crippen molar-refractivity contribution in [1.29, 1.82) is 0 Å². The van der Waals surface area contributed by atoms with Gasteiger partial charge >= 0.3 is 0 Å². The fraction of sp³-hybridized carbons (Fsp3) is 0.250. The van der Waals surface area contributed by atoms with Crippen molar-refractivity contribution in [2.45, 2.75) is 13.3 Å². The Morgan fingerprint density at radius 3 is 3.22 bits per heavy atom. The van der Waals surface area contributed by atoms with Crippen molar-refractivity contribution in [3.05, 3.63) is 40.7 Å². The molecule has 0 aliphatic heterocycles. The highest BCUT2D eigenvalue weighted by atomic mass is 32.1. The predicted molar refractivity (Wildman–Crippen MR) is 69.0 cm³/mol. The van der Waals surface area contributed by atoms with Gasteiger partial charge in [-0.1, -0.05) is 0 Å². The van der Waals surface area contributed by atoms with Crippen molar-refractivity contribution in [2.75, 3.05) is 6.61 Å². The first-order chi connectivity index (χ1) is 8.83. The van der Waals surface area contributed by atoms with Gasteiger partial charge in [0.05, 0.1) is 30.2 Å². The molecule has 0 N–H and O–H groups in total. The van der Waals surface area contributed by atoms with Crippen LogP contribution in [0.25, 0.3) is 5.52 Å². The maximum Gasteiger partial charge on any atom is 0.240 e. The van der Waals surface area contributed by atoms with Crippen molar-refractivity contribution in [2.24, 2.45) is 0 Å². The number of rotatable bonds is 4. The first-order valence-electron chi connectivity index (χ1n) is 5.64. The average molecular weight is 260 g/mol. The Kier molecular flexibility index (Phi) is 2.93. The van der Waals surface area contributed by atoms with E-state index in [1.54, 1.807) is 22.0 Å². The van der Waals surface area contributed by atoms with Crippen LogP contribution >= 0.6 is 11.3 Å². The largest absolute Gasteiger partial charge is 0.476 e. The standard InChI is InChI=1S/C12H12N4OS/c1-9-7-16-11(2-4-14-16)12(15-9)17-5-3-10-6-13-8-18-10/h2,4,6-8H,3,5H2,1H3. The van der Waals surface area contributed by atoms with Crippen molar-refractivity contribution in [3.63, 3.8) is 0 Å². The third-order valence-corrected chi connectivity index (χ3v) is 3.39. The lowest BCUT2D eigenvalue weighted by Gasteiger charge is -2.06. The fourth-order valence-electron chi connectivity index (χ4n) is 1.73. The molecule has 3 heterocycles. The average Bonchev–Trinajstić information content (AvgIpc) is 2.98. The molecule has 0 aromatic carbocycles. The molecule has 0 bridgehead atoms. The zero-order valence-corrected chi connectivity index (χ0v) is 10.7. The molecule has 0 fully saturated rings. The normalized spacial score (nSPS) is 10.9. The van der Waals surface area contributed by atoms with E-state index >= 15 is 0 Å². The highest BCUT2D eigenvalue weighted by Crippen LogP contribution is 2.17. The van der Waals surface area contributed by atoms with E-state index in [4.69, 9.17) is 4.74 Å². The Balaban J connectivity index is 1.75. The van der Waals surface area contributed by atoms with Crippen molar-refractivity contribution >= 4 is 16.9 Å². The zero-order chi connectivity index (χ0) is 12.4. The first kappa shape index (κ1) is 11.2. The molecule has 0 radical (unpaired) electrons. The Labute approximate surface area is 108 Å². The maximum absolute atomic E-state index is 5.74. The van der Waals surface area contributed by atoms with Crippen molar-refractivity contribution in [1.82, 2.24) is 19.6 Å². The van der Waals surface area contributed by atoms with Gasteiger partial charge in [-0.15, -0.1) is 11.3 Å². The third-order valence-electron chi connectivity index (χ3n) is 2.55. The van der Waals surface area contributed by atoms with Gasteiger partial charge in [0.15, 0.2) is 0 Å². The molecule has 0 unspecified atom stereocenters. The number of hydrogen-bond donors (Lipinski definition) is 0. The minimum absolute atomic E-state index is 0.597. The van der Waals surface area contributed by atoms with Crippen molar-refractivity contribution < 1.29 is 4.74 Å². The predicted octanol–water partition coefficient (Wildman–Crippen LogP) is 2.12. The fourth-order valence-corrected chi connectivity index (χ4v) is 2.31. The highest BCUT2D eigenvalue weighted by Gasteiger charge is 2.06. The number of aryl methyl sites for hydroxylation is 1. The SMILES string of the molecule is Cc1cn2nccc2c(OCCc2cncs2)n1. The van der Waals surface area contributed by atoms with Gasteiger partial charge in [0.25, 0.3) is 0 Å². The third kappa shape index (κ3) is 2.19. The minimum Gasteiger partial charge on any atom is -0.476 e. The molecule has 0 saturated heterocycles. The summed E-state index contributed by atoms with van der Waals surface area (Å²) in [4.78, 5) is 9.65. The second-order valence-electron chi connectivity index (χ2n) is 3.91. The van der Waals surface area contributed by atoms with Gasteiger partial charge < -0.3 is 4.74 Å². The number of fused-ring (bicyclic) bond motifs is 1. The lowest BCUT2D eigenvalue weighted by Crippen LogP contribution is -2.04. The van der Waals surface area contributed by atoms with Gasteiger partial charge in [0.2, 0.25) is 5.88 Å². The lowest BCUT2D eigenvalue weighted by atomic mass is 10.4. The molecule has 92 valence electrons. The van der Waals surface area contributed by atoms with Crippen LogP contribution in [0.15, 0.2) is 30.2 Å². The van der Waals surface area contributed by atoms with Crippen LogP contribution < -0.4 is 4.74 Å². The maximum atomic E-state index is 5.74. The van der Waals surface area contributed by atoms with E-state index in [1.807, 2.05) is 30.9 Å². The molecule has 0 amide bonds. The van der Waals surface area contributed by atoms with Gasteiger partial charge in [-0.05, 0) is 13.0 Å². The smallest absolute Gasteiger partial charge is 0.240 e.